The second-order valence-corrected chi connectivity index (χ2v) is 6.36. The van der Waals surface area contributed by atoms with Gasteiger partial charge >= 0.3 is 0 Å². The predicted molar refractivity (Wildman–Crippen MR) is 75.5 cm³/mol. The summed E-state index contributed by atoms with van der Waals surface area (Å²) in [4.78, 5) is 12.6. The molecule has 1 fully saturated rings. The summed E-state index contributed by atoms with van der Waals surface area (Å²) >= 11 is 0. The summed E-state index contributed by atoms with van der Waals surface area (Å²) in [5.74, 6) is 0.0816. The van der Waals surface area contributed by atoms with Gasteiger partial charge in [-0.3, -0.25) is 9.48 Å². The molecule has 1 saturated heterocycles. The van der Waals surface area contributed by atoms with Crippen molar-refractivity contribution in [1.29, 1.82) is 0 Å². The standard InChI is InChI=1S/C15H23N3O2/c1-15(7-4-8-20-10-15)16-14(19)11-5-3-6-13-12(11)9-18(2)17-13/h9,11H,3-8,10H2,1-2H3,(H,16,19). The summed E-state index contributed by atoms with van der Waals surface area (Å²) in [5.41, 5.74) is 1.98. The number of aryl methyl sites for hydroxylation is 2. The van der Waals surface area contributed by atoms with Crippen LogP contribution in [0.5, 0.6) is 0 Å². The number of carbonyl (C=O) groups is 1. The molecule has 5 nitrogen and oxygen atoms in total. The highest BCUT2D eigenvalue weighted by molar-refractivity contribution is 5.84. The van der Waals surface area contributed by atoms with Crippen molar-refractivity contribution in [3.05, 3.63) is 17.5 Å². The minimum Gasteiger partial charge on any atom is -0.379 e. The first-order valence-corrected chi connectivity index (χ1v) is 7.50. The molecule has 1 aromatic rings. The molecule has 5 heteroatoms. The van der Waals surface area contributed by atoms with Crippen molar-refractivity contribution in [3.8, 4) is 0 Å². The molecule has 2 unspecified atom stereocenters. The van der Waals surface area contributed by atoms with Crippen molar-refractivity contribution in [2.45, 2.75) is 50.5 Å². The van der Waals surface area contributed by atoms with Gasteiger partial charge < -0.3 is 10.1 Å². The number of hydrogen-bond donors (Lipinski definition) is 1. The minimum absolute atomic E-state index is 0.0498. The van der Waals surface area contributed by atoms with Crippen LogP contribution in [0.15, 0.2) is 6.20 Å². The maximum Gasteiger partial charge on any atom is 0.228 e. The van der Waals surface area contributed by atoms with Crippen LogP contribution in [0, 0.1) is 0 Å². The van der Waals surface area contributed by atoms with Crippen LogP contribution in [0.25, 0.3) is 0 Å². The number of nitrogens with one attached hydrogen (secondary N) is 1. The first-order valence-electron chi connectivity index (χ1n) is 7.50. The van der Waals surface area contributed by atoms with Gasteiger partial charge in [0.1, 0.15) is 0 Å². The summed E-state index contributed by atoms with van der Waals surface area (Å²) in [5, 5.41) is 7.67. The number of aromatic nitrogens is 2. The third-order valence-corrected chi connectivity index (χ3v) is 4.40. The average molecular weight is 277 g/mol. The van der Waals surface area contributed by atoms with E-state index in [1.54, 1.807) is 0 Å². The Morgan fingerprint density at radius 3 is 3.15 bits per heavy atom. The van der Waals surface area contributed by atoms with Gasteiger partial charge in [0.25, 0.3) is 0 Å². The molecule has 1 aliphatic carbocycles. The molecule has 110 valence electrons. The number of ether oxygens (including phenoxy) is 1. The molecule has 2 atom stereocenters. The number of fused-ring (bicyclic) bond motifs is 1. The highest BCUT2D eigenvalue weighted by Crippen LogP contribution is 2.32. The molecule has 0 aromatic carbocycles. The van der Waals surface area contributed by atoms with Crippen LogP contribution >= 0.6 is 0 Å². The van der Waals surface area contributed by atoms with Crippen LogP contribution in [0.3, 0.4) is 0 Å². The van der Waals surface area contributed by atoms with Gasteiger partial charge in [0.15, 0.2) is 0 Å². The zero-order valence-corrected chi connectivity index (χ0v) is 12.3. The van der Waals surface area contributed by atoms with Crippen LogP contribution in [-0.4, -0.2) is 34.4 Å². The lowest BCUT2D eigenvalue weighted by Crippen LogP contribution is -2.53. The smallest absolute Gasteiger partial charge is 0.228 e. The molecule has 1 aromatic heterocycles. The SMILES string of the molecule is Cn1cc2c(n1)CCCC2C(=O)NC1(C)CCCOC1. The molecule has 1 N–H and O–H groups in total. The van der Waals surface area contributed by atoms with E-state index in [1.807, 2.05) is 17.9 Å². The Balaban J connectivity index is 1.74. The van der Waals surface area contributed by atoms with Crippen LogP contribution in [0.4, 0.5) is 0 Å². The highest BCUT2D eigenvalue weighted by Gasteiger charge is 2.34. The third kappa shape index (κ3) is 2.59. The zero-order valence-electron chi connectivity index (χ0n) is 12.3. The summed E-state index contributed by atoms with van der Waals surface area (Å²) < 4.78 is 7.34. The summed E-state index contributed by atoms with van der Waals surface area (Å²) in [7, 11) is 1.92. The molecule has 2 heterocycles. The molecule has 0 bridgehead atoms. The van der Waals surface area contributed by atoms with Crippen LogP contribution in [0.1, 0.15) is 49.8 Å². The van der Waals surface area contributed by atoms with Crippen molar-refractivity contribution in [2.75, 3.05) is 13.2 Å². The van der Waals surface area contributed by atoms with Crippen molar-refractivity contribution < 1.29 is 9.53 Å². The van der Waals surface area contributed by atoms with Crippen molar-refractivity contribution in [2.24, 2.45) is 7.05 Å². The second-order valence-electron chi connectivity index (χ2n) is 6.36. The fraction of sp³-hybridized carbons (Fsp3) is 0.733. The van der Waals surface area contributed by atoms with E-state index in [2.05, 4.69) is 17.3 Å². The number of rotatable bonds is 2. The summed E-state index contributed by atoms with van der Waals surface area (Å²) in [6, 6.07) is 0. The fourth-order valence-electron chi connectivity index (χ4n) is 3.36. The Labute approximate surface area is 119 Å². The Kier molecular flexibility index (Phi) is 3.54. The molecule has 20 heavy (non-hydrogen) atoms. The van der Waals surface area contributed by atoms with Gasteiger partial charge in [0, 0.05) is 25.4 Å². The summed E-state index contributed by atoms with van der Waals surface area (Å²) in [6.45, 7) is 3.50. The molecule has 0 radical (unpaired) electrons. The number of carbonyl (C=O) groups excluding carboxylic acids is 1. The molecule has 1 amide bonds. The van der Waals surface area contributed by atoms with Crippen LogP contribution in [-0.2, 0) is 23.0 Å². The van der Waals surface area contributed by atoms with E-state index in [0.717, 1.165) is 50.0 Å². The maximum atomic E-state index is 12.6. The maximum absolute atomic E-state index is 12.6. The van der Waals surface area contributed by atoms with Gasteiger partial charge in [-0.25, -0.2) is 0 Å². The van der Waals surface area contributed by atoms with Crippen LogP contribution in [0.2, 0.25) is 0 Å². The monoisotopic (exact) mass is 277 g/mol. The third-order valence-electron chi connectivity index (χ3n) is 4.40. The van der Waals surface area contributed by atoms with Gasteiger partial charge in [0.2, 0.25) is 5.91 Å². The minimum atomic E-state index is -0.213. The lowest BCUT2D eigenvalue weighted by molar-refractivity contribution is -0.126. The van der Waals surface area contributed by atoms with E-state index >= 15 is 0 Å². The molecule has 2 aliphatic rings. The molecular formula is C15H23N3O2. The summed E-state index contributed by atoms with van der Waals surface area (Å²) in [6.07, 6.45) is 6.94. The Hall–Kier alpha value is -1.36. The normalized spacial score (nSPS) is 29.8. The number of nitrogens with zero attached hydrogens (tertiary/aromatic N) is 2. The zero-order chi connectivity index (χ0) is 14.2. The number of amides is 1. The Bertz CT molecular complexity index is 503. The molecular weight excluding hydrogens is 254 g/mol. The van der Waals surface area contributed by atoms with Crippen molar-refractivity contribution in [3.63, 3.8) is 0 Å². The van der Waals surface area contributed by atoms with Gasteiger partial charge in [-0.2, -0.15) is 5.10 Å². The van der Waals surface area contributed by atoms with E-state index in [1.165, 1.54) is 0 Å². The molecule has 3 rings (SSSR count). The Morgan fingerprint density at radius 1 is 1.55 bits per heavy atom. The van der Waals surface area contributed by atoms with Gasteiger partial charge in [-0.15, -0.1) is 0 Å². The van der Waals surface area contributed by atoms with E-state index in [4.69, 9.17) is 4.74 Å². The largest absolute Gasteiger partial charge is 0.379 e. The van der Waals surface area contributed by atoms with E-state index in [9.17, 15) is 4.79 Å². The van der Waals surface area contributed by atoms with E-state index in [0.29, 0.717) is 6.61 Å². The molecule has 1 aliphatic heterocycles. The second kappa shape index (κ2) is 5.20. The van der Waals surface area contributed by atoms with Gasteiger partial charge in [-0.05, 0) is 39.0 Å². The van der Waals surface area contributed by atoms with E-state index < -0.39 is 0 Å². The predicted octanol–water partition coefficient (Wildman–Crippen LogP) is 1.53. The Morgan fingerprint density at radius 2 is 2.40 bits per heavy atom. The van der Waals surface area contributed by atoms with Crippen molar-refractivity contribution >= 4 is 5.91 Å². The first-order chi connectivity index (χ1) is 9.57. The number of hydrogen-bond acceptors (Lipinski definition) is 3. The van der Waals surface area contributed by atoms with Crippen LogP contribution < -0.4 is 5.32 Å². The lowest BCUT2D eigenvalue weighted by atomic mass is 9.85. The fourth-order valence-corrected chi connectivity index (χ4v) is 3.36. The first kappa shape index (κ1) is 13.6. The topological polar surface area (TPSA) is 56.2 Å². The van der Waals surface area contributed by atoms with E-state index in [-0.39, 0.29) is 17.4 Å². The van der Waals surface area contributed by atoms with Gasteiger partial charge in [-0.1, -0.05) is 0 Å². The highest BCUT2D eigenvalue weighted by atomic mass is 16.5. The van der Waals surface area contributed by atoms with Crippen molar-refractivity contribution in [1.82, 2.24) is 15.1 Å². The quantitative estimate of drug-likeness (QED) is 0.892. The molecule has 0 spiro atoms. The lowest BCUT2D eigenvalue weighted by Gasteiger charge is -2.36. The molecule has 0 saturated carbocycles. The average Bonchev–Trinajstić information content (AvgIpc) is 2.78. The van der Waals surface area contributed by atoms with Gasteiger partial charge in [0.05, 0.1) is 23.8 Å².